The summed E-state index contributed by atoms with van der Waals surface area (Å²) in [6.45, 7) is 6.24. The summed E-state index contributed by atoms with van der Waals surface area (Å²) in [6.07, 6.45) is 0.0128. The lowest BCUT2D eigenvalue weighted by atomic mass is 10.1. The Balaban J connectivity index is 2.29. The molecule has 0 saturated carbocycles. The monoisotopic (exact) mass is 259 g/mol. The standard InChI is InChI=1S/C14H17N3O2/c1-9-5-4-6-12(15-9)8-17-11(3)13(7-14(18)19)10(2)16-17/h4-6H,7-8H2,1-3H3,(H,18,19). The minimum absolute atomic E-state index is 0.0128. The first-order chi connectivity index (χ1) is 8.97. The van der Waals surface area contributed by atoms with Crippen LogP contribution in [-0.2, 0) is 17.8 Å². The van der Waals surface area contributed by atoms with Gasteiger partial charge in [0.25, 0.3) is 0 Å². The molecule has 100 valence electrons. The Morgan fingerprint density at radius 3 is 2.68 bits per heavy atom. The number of pyridine rings is 1. The first-order valence-corrected chi connectivity index (χ1v) is 6.14. The number of aryl methyl sites for hydroxylation is 2. The summed E-state index contributed by atoms with van der Waals surface area (Å²) in [5.41, 5.74) is 4.34. The van der Waals surface area contributed by atoms with Crippen LogP contribution in [0.4, 0.5) is 0 Å². The zero-order chi connectivity index (χ0) is 14.0. The van der Waals surface area contributed by atoms with E-state index in [4.69, 9.17) is 5.11 Å². The smallest absolute Gasteiger partial charge is 0.307 e. The van der Waals surface area contributed by atoms with Gasteiger partial charge in [-0.05, 0) is 32.9 Å². The van der Waals surface area contributed by atoms with E-state index in [1.807, 2.05) is 43.7 Å². The van der Waals surface area contributed by atoms with Gasteiger partial charge in [-0.2, -0.15) is 5.10 Å². The third-order valence-corrected chi connectivity index (χ3v) is 3.12. The number of aromatic nitrogens is 3. The van der Waals surface area contributed by atoms with E-state index in [0.717, 1.165) is 28.3 Å². The van der Waals surface area contributed by atoms with E-state index in [2.05, 4.69) is 10.1 Å². The van der Waals surface area contributed by atoms with Gasteiger partial charge in [0.2, 0.25) is 0 Å². The van der Waals surface area contributed by atoms with Gasteiger partial charge in [-0.25, -0.2) is 0 Å². The summed E-state index contributed by atoms with van der Waals surface area (Å²) in [5, 5.41) is 13.3. The quantitative estimate of drug-likeness (QED) is 0.910. The second-order valence-electron chi connectivity index (χ2n) is 4.65. The van der Waals surface area contributed by atoms with E-state index >= 15 is 0 Å². The van der Waals surface area contributed by atoms with Gasteiger partial charge in [-0.1, -0.05) is 6.07 Å². The van der Waals surface area contributed by atoms with Gasteiger partial charge >= 0.3 is 5.97 Å². The van der Waals surface area contributed by atoms with Crippen molar-refractivity contribution in [3.63, 3.8) is 0 Å². The third kappa shape index (κ3) is 2.99. The van der Waals surface area contributed by atoms with Crippen LogP contribution in [0.1, 0.15) is 28.3 Å². The number of hydrogen-bond donors (Lipinski definition) is 1. The van der Waals surface area contributed by atoms with Crippen molar-refractivity contribution in [1.29, 1.82) is 0 Å². The summed E-state index contributed by atoms with van der Waals surface area (Å²) in [7, 11) is 0. The van der Waals surface area contributed by atoms with Gasteiger partial charge in [-0.15, -0.1) is 0 Å². The maximum atomic E-state index is 10.8. The summed E-state index contributed by atoms with van der Waals surface area (Å²) in [5.74, 6) is -0.834. The molecule has 0 fully saturated rings. The SMILES string of the molecule is Cc1cccc(Cn2nc(C)c(CC(=O)O)c2C)n1. The maximum Gasteiger partial charge on any atom is 0.307 e. The lowest BCUT2D eigenvalue weighted by Crippen LogP contribution is -2.07. The van der Waals surface area contributed by atoms with Crippen LogP contribution < -0.4 is 0 Å². The zero-order valence-corrected chi connectivity index (χ0v) is 11.3. The van der Waals surface area contributed by atoms with Crippen molar-refractivity contribution in [3.8, 4) is 0 Å². The van der Waals surface area contributed by atoms with Gasteiger partial charge in [-0.3, -0.25) is 14.5 Å². The van der Waals surface area contributed by atoms with Crippen LogP contribution in [0.5, 0.6) is 0 Å². The van der Waals surface area contributed by atoms with E-state index in [0.29, 0.717) is 6.54 Å². The number of hydrogen-bond acceptors (Lipinski definition) is 3. The van der Waals surface area contributed by atoms with Crippen molar-refractivity contribution in [2.24, 2.45) is 0 Å². The summed E-state index contributed by atoms with van der Waals surface area (Å²) < 4.78 is 1.81. The third-order valence-electron chi connectivity index (χ3n) is 3.12. The van der Waals surface area contributed by atoms with Crippen LogP contribution in [0.3, 0.4) is 0 Å². The first-order valence-electron chi connectivity index (χ1n) is 6.14. The maximum absolute atomic E-state index is 10.8. The predicted molar refractivity (Wildman–Crippen MR) is 71.1 cm³/mol. The minimum atomic E-state index is -0.834. The fourth-order valence-corrected chi connectivity index (χ4v) is 2.14. The second-order valence-corrected chi connectivity index (χ2v) is 4.65. The lowest BCUT2D eigenvalue weighted by Gasteiger charge is -2.05. The number of carboxylic acids is 1. The number of rotatable bonds is 4. The summed E-state index contributed by atoms with van der Waals surface area (Å²) in [4.78, 5) is 15.3. The highest BCUT2D eigenvalue weighted by Crippen LogP contribution is 2.15. The van der Waals surface area contributed by atoms with Crippen LogP contribution >= 0.6 is 0 Å². The molecule has 0 aliphatic carbocycles. The van der Waals surface area contributed by atoms with Crippen LogP contribution in [0.25, 0.3) is 0 Å². The Hall–Kier alpha value is -2.17. The molecular weight excluding hydrogens is 242 g/mol. The van der Waals surface area contributed by atoms with Crippen molar-refractivity contribution in [2.45, 2.75) is 33.7 Å². The molecule has 0 bridgehead atoms. The molecule has 2 aromatic rings. The van der Waals surface area contributed by atoms with Crippen LogP contribution in [-0.4, -0.2) is 25.8 Å². The molecule has 5 nitrogen and oxygen atoms in total. The number of nitrogens with zero attached hydrogens (tertiary/aromatic N) is 3. The molecule has 2 aromatic heterocycles. The molecule has 1 N–H and O–H groups in total. The highest BCUT2D eigenvalue weighted by atomic mass is 16.4. The molecule has 0 aliphatic rings. The van der Waals surface area contributed by atoms with E-state index in [1.165, 1.54) is 0 Å². The topological polar surface area (TPSA) is 68.0 Å². The molecule has 5 heteroatoms. The molecular formula is C14H17N3O2. The Morgan fingerprint density at radius 1 is 1.32 bits per heavy atom. The fraction of sp³-hybridized carbons (Fsp3) is 0.357. The van der Waals surface area contributed by atoms with Gasteiger partial charge in [0.05, 0.1) is 24.4 Å². The van der Waals surface area contributed by atoms with Gasteiger partial charge in [0.15, 0.2) is 0 Å². The van der Waals surface area contributed by atoms with Crippen LogP contribution in [0.15, 0.2) is 18.2 Å². The highest BCUT2D eigenvalue weighted by molar-refractivity contribution is 5.70. The molecule has 0 spiro atoms. The largest absolute Gasteiger partial charge is 0.481 e. The molecule has 0 unspecified atom stereocenters. The first kappa shape index (κ1) is 13.3. The molecule has 0 atom stereocenters. The van der Waals surface area contributed by atoms with Crippen LogP contribution in [0.2, 0.25) is 0 Å². The molecule has 0 saturated heterocycles. The normalized spacial score (nSPS) is 10.7. The molecule has 0 radical (unpaired) electrons. The van der Waals surface area contributed by atoms with Crippen molar-refractivity contribution < 1.29 is 9.90 Å². The summed E-state index contributed by atoms with van der Waals surface area (Å²) in [6, 6.07) is 5.85. The van der Waals surface area contributed by atoms with Gasteiger partial charge in [0.1, 0.15) is 0 Å². The molecule has 19 heavy (non-hydrogen) atoms. The predicted octanol–water partition coefficient (Wildman–Crippen LogP) is 1.88. The highest BCUT2D eigenvalue weighted by Gasteiger charge is 2.14. The van der Waals surface area contributed by atoms with Crippen molar-refractivity contribution in [3.05, 3.63) is 46.5 Å². The van der Waals surface area contributed by atoms with E-state index in [9.17, 15) is 4.79 Å². The lowest BCUT2D eigenvalue weighted by molar-refractivity contribution is -0.136. The average Bonchev–Trinajstić information content (AvgIpc) is 2.57. The Bertz CT molecular complexity index is 617. The Labute approximate surface area is 111 Å². The van der Waals surface area contributed by atoms with Crippen molar-refractivity contribution in [2.75, 3.05) is 0 Å². The van der Waals surface area contributed by atoms with Crippen molar-refractivity contribution >= 4 is 5.97 Å². The second kappa shape index (κ2) is 5.22. The molecule has 0 aromatic carbocycles. The number of carbonyl (C=O) groups is 1. The average molecular weight is 259 g/mol. The Morgan fingerprint density at radius 2 is 2.05 bits per heavy atom. The van der Waals surface area contributed by atoms with Crippen molar-refractivity contribution in [1.82, 2.24) is 14.8 Å². The van der Waals surface area contributed by atoms with Gasteiger partial charge in [0, 0.05) is 17.0 Å². The van der Waals surface area contributed by atoms with E-state index < -0.39 is 5.97 Å². The number of aliphatic carboxylic acids is 1. The minimum Gasteiger partial charge on any atom is -0.481 e. The molecule has 0 amide bonds. The molecule has 2 rings (SSSR count). The Kier molecular flexibility index (Phi) is 3.64. The van der Waals surface area contributed by atoms with Gasteiger partial charge < -0.3 is 5.11 Å². The molecule has 2 heterocycles. The van der Waals surface area contributed by atoms with E-state index in [1.54, 1.807) is 0 Å². The van der Waals surface area contributed by atoms with Crippen LogP contribution in [0, 0.1) is 20.8 Å². The fourth-order valence-electron chi connectivity index (χ4n) is 2.14. The number of carboxylic acid groups (broad SMARTS) is 1. The molecule has 0 aliphatic heterocycles. The zero-order valence-electron chi connectivity index (χ0n) is 11.3. The summed E-state index contributed by atoms with van der Waals surface area (Å²) >= 11 is 0. The van der Waals surface area contributed by atoms with E-state index in [-0.39, 0.29) is 6.42 Å².